The number of hydrogen-bond acceptors (Lipinski definition) is 2. The molecule has 3 heteroatoms. The van der Waals surface area contributed by atoms with Gasteiger partial charge in [-0.15, -0.1) is 0 Å². The van der Waals surface area contributed by atoms with Crippen molar-refractivity contribution in [3.63, 3.8) is 0 Å². The second-order valence-electron chi connectivity index (χ2n) is 3.73. The zero-order valence-electron chi connectivity index (χ0n) is 11.9. The number of anilines is 1. The van der Waals surface area contributed by atoms with Crippen LogP contribution in [0.4, 0.5) is 5.69 Å². The van der Waals surface area contributed by atoms with E-state index in [1.54, 1.807) is 0 Å². The fraction of sp³-hybridized carbons (Fsp3) is 0.188. The van der Waals surface area contributed by atoms with Gasteiger partial charge in [-0.3, -0.25) is 5.41 Å². The highest BCUT2D eigenvalue weighted by molar-refractivity contribution is 5.95. The third kappa shape index (κ3) is 6.88. The Morgan fingerprint density at radius 2 is 1.84 bits per heavy atom. The van der Waals surface area contributed by atoms with Crippen LogP contribution in [-0.4, -0.2) is 12.9 Å². The largest absolute Gasteiger partial charge is 0.388 e. The molecule has 0 atom stereocenters. The van der Waals surface area contributed by atoms with Crippen LogP contribution in [0.5, 0.6) is 0 Å². The first kappa shape index (κ1) is 16.7. The van der Waals surface area contributed by atoms with Crippen LogP contribution in [-0.2, 0) is 0 Å². The van der Waals surface area contributed by atoms with E-state index in [9.17, 15) is 0 Å². The number of allylic oxidation sites excluding steroid dienone is 5. The van der Waals surface area contributed by atoms with E-state index >= 15 is 0 Å². The second kappa shape index (κ2) is 9.71. The zero-order valence-corrected chi connectivity index (χ0v) is 11.9. The summed E-state index contributed by atoms with van der Waals surface area (Å²) in [7, 11) is 1.85. The monoisotopic (exact) mass is 257 g/mol. The molecule has 102 valence electrons. The molecule has 0 aromatic heterocycles. The minimum atomic E-state index is 0.104. The van der Waals surface area contributed by atoms with Gasteiger partial charge in [-0.25, -0.2) is 0 Å². The average molecular weight is 257 g/mol. The summed E-state index contributed by atoms with van der Waals surface area (Å²) in [6.07, 6.45) is 7.87. The minimum Gasteiger partial charge on any atom is -0.388 e. The van der Waals surface area contributed by atoms with Crippen molar-refractivity contribution >= 4 is 11.5 Å². The van der Waals surface area contributed by atoms with Gasteiger partial charge < -0.3 is 11.1 Å². The third-order valence-electron chi connectivity index (χ3n) is 2.41. The molecule has 0 spiro atoms. The molecular weight excluding hydrogens is 234 g/mol. The predicted octanol–water partition coefficient (Wildman–Crippen LogP) is 3.71. The number of rotatable bonds is 4. The van der Waals surface area contributed by atoms with Crippen molar-refractivity contribution in [1.29, 1.82) is 5.41 Å². The van der Waals surface area contributed by atoms with Gasteiger partial charge >= 0.3 is 0 Å². The van der Waals surface area contributed by atoms with Gasteiger partial charge in [-0.05, 0) is 43.7 Å². The number of nitrogens with two attached hydrogens (primary N) is 1. The lowest BCUT2D eigenvalue weighted by Crippen LogP contribution is -2.10. The molecule has 3 nitrogen and oxygen atoms in total. The van der Waals surface area contributed by atoms with Gasteiger partial charge in [0.05, 0.1) is 0 Å². The van der Waals surface area contributed by atoms with Crippen molar-refractivity contribution < 1.29 is 0 Å². The summed E-state index contributed by atoms with van der Waals surface area (Å²) in [5.74, 6) is 0.104. The highest BCUT2D eigenvalue weighted by atomic mass is 14.8. The van der Waals surface area contributed by atoms with Gasteiger partial charge in [0.15, 0.2) is 0 Å². The highest BCUT2D eigenvalue weighted by Crippen LogP contribution is 2.07. The lowest BCUT2D eigenvalue weighted by atomic mass is 10.2. The molecule has 0 saturated carbocycles. The van der Waals surface area contributed by atoms with Crippen molar-refractivity contribution in [2.75, 3.05) is 12.4 Å². The van der Waals surface area contributed by atoms with Gasteiger partial charge in [0.25, 0.3) is 0 Å². The summed E-state index contributed by atoms with van der Waals surface area (Å²) >= 11 is 0. The lowest BCUT2D eigenvalue weighted by molar-refractivity contribution is 1.42. The van der Waals surface area contributed by atoms with Crippen molar-refractivity contribution in [1.82, 2.24) is 0 Å². The molecule has 0 amide bonds. The van der Waals surface area contributed by atoms with Crippen LogP contribution < -0.4 is 11.1 Å². The Bertz CT molecular complexity index is 453. The first-order chi connectivity index (χ1) is 9.08. The highest BCUT2D eigenvalue weighted by Gasteiger charge is 1.93. The van der Waals surface area contributed by atoms with Crippen LogP contribution >= 0.6 is 0 Å². The number of benzene rings is 1. The Morgan fingerprint density at radius 1 is 1.26 bits per heavy atom. The molecule has 1 aromatic rings. The quantitative estimate of drug-likeness (QED) is 0.437. The van der Waals surface area contributed by atoms with Crippen LogP contribution in [0.1, 0.15) is 19.4 Å². The standard InChI is InChI=1S/C8H11N3.C8H12/c1-11-7-4-2-6(3-5-7)8(9)10;1-4-7-8(5-2)6-3/h2-5,11H,1H3,(H3,9,10);4-7H,2H2,1,3H3/b;7-4-,8-6-. The number of nitrogen functional groups attached to an aromatic ring is 1. The van der Waals surface area contributed by atoms with E-state index in [4.69, 9.17) is 11.1 Å². The molecule has 0 aliphatic rings. The molecule has 0 bridgehead atoms. The third-order valence-corrected chi connectivity index (χ3v) is 2.41. The molecule has 0 aliphatic carbocycles. The summed E-state index contributed by atoms with van der Waals surface area (Å²) in [5.41, 5.74) is 8.22. The van der Waals surface area contributed by atoms with Crippen molar-refractivity contribution in [2.24, 2.45) is 5.73 Å². The summed E-state index contributed by atoms with van der Waals surface area (Å²) in [6.45, 7) is 7.62. The second-order valence-corrected chi connectivity index (χ2v) is 3.73. The van der Waals surface area contributed by atoms with E-state index in [1.165, 1.54) is 5.57 Å². The van der Waals surface area contributed by atoms with E-state index < -0.39 is 0 Å². The maximum atomic E-state index is 7.12. The van der Waals surface area contributed by atoms with Crippen LogP contribution in [0.3, 0.4) is 0 Å². The molecule has 0 unspecified atom stereocenters. The van der Waals surface area contributed by atoms with E-state index in [-0.39, 0.29) is 5.84 Å². The Morgan fingerprint density at radius 3 is 2.11 bits per heavy atom. The smallest absolute Gasteiger partial charge is 0.122 e. The van der Waals surface area contributed by atoms with Crippen LogP contribution in [0.25, 0.3) is 0 Å². The van der Waals surface area contributed by atoms with Crippen molar-refractivity contribution in [3.8, 4) is 0 Å². The molecule has 0 saturated heterocycles. The van der Waals surface area contributed by atoms with E-state index in [1.807, 2.05) is 69.5 Å². The lowest BCUT2D eigenvalue weighted by Gasteiger charge is -2.00. The number of nitrogens with one attached hydrogen (secondary N) is 2. The van der Waals surface area contributed by atoms with E-state index in [0.717, 1.165) is 11.3 Å². The molecule has 1 aromatic carbocycles. The molecular formula is C16H23N3. The number of amidine groups is 1. The maximum Gasteiger partial charge on any atom is 0.122 e. The zero-order chi connectivity index (χ0) is 14.7. The average Bonchev–Trinajstić information content (AvgIpc) is 2.45. The summed E-state index contributed by atoms with van der Waals surface area (Å²) < 4.78 is 0. The molecule has 0 heterocycles. The topological polar surface area (TPSA) is 61.9 Å². The Labute approximate surface area is 116 Å². The van der Waals surface area contributed by atoms with Crippen molar-refractivity contribution in [3.05, 3.63) is 66.3 Å². The number of hydrogen-bond donors (Lipinski definition) is 3. The fourth-order valence-electron chi connectivity index (χ4n) is 1.29. The van der Waals surface area contributed by atoms with Gasteiger partial charge in [-0.1, -0.05) is 30.9 Å². The van der Waals surface area contributed by atoms with Crippen molar-refractivity contribution in [2.45, 2.75) is 13.8 Å². The molecule has 0 fully saturated rings. The van der Waals surface area contributed by atoms with E-state index in [2.05, 4.69) is 11.9 Å². The Balaban J connectivity index is 0.000000362. The predicted molar refractivity (Wildman–Crippen MR) is 85.8 cm³/mol. The van der Waals surface area contributed by atoms with Crippen LogP contribution in [0.15, 0.2) is 60.7 Å². The van der Waals surface area contributed by atoms with Gasteiger partial charge in [0.2, 0.25) is 0 Å². The fourth-order valence-corrected chi connectivity index (χ4v) is 1.29. The van der Waals surface area contributed by atoms with Crippen LogP contribution in [0.2, 0.25) is 0 Å². The minimum absolute atomic E-state index is 0.104. The van der Waals surface area contributed by atoms with Gasteiger partial charge in [0, 0.05) is 18.3 Å². The first-order valence-corrected chi connectivity index (χ1v) is 6.12. The summed E-state index contributed by atoms with van der Waals surface area (Å²) in [5, 5.41) is 10.1. The Hall–Kier alpha value is -2.29. The molecule has 1 rings (SSSR count). The molecule has 0 radical (unpaired) electrons. The SMILES string of the molecule is C=CC(/C=C\C)=C/C.CNc1ccc(C(=N)N)cc1. The summed E-state index contributed by atoms with van der Waals surface area (Å²) in [6, 6.07) is 7.40. The van der Waals surface area contributed by atoms with Crippen LogP contribution in [0, 0.1) is 5.41 Å². The maximum absolute atomic E-state index is 7.12. The van der Waals surface area contributed by atoms with E-state index in [0.29, 0.717) is 0 Å². The summed E-state index contributed by atoms with van der Waals surface area (Å²) in [4.78, 5) is 0. The van der Waals surface area contributed by atoms with Gasteiger partial charge in [0.1, 0.15) is 5.84 Å². The first-order valence-electron chi connectivity index (χ1n) is 6.12. The Kier molecular flexibility index (Phi) is 8.54. The molecule has 19 heavy (non-hydrogen) atoms. The van der Waals surface area contributed by atoms with Gasteiger partial charge in [-0.2, -0.15) is 0 Å². The molecule has 0 aliphatic heterocycles. The normalized spacial score (nSPS) is 10.6. The molecule has 4 N–H and O–H groups in total.